The Hall–Kier alpha value is -3.59. The highest BCUT2D eigenvalue weighted by molar-refractivity contribution is 6.00. The van der Waals surface area contributed by atoms with E-state index < -0.39 is 36.7 Å². The lowest BCUT2D eigenvalue weighted by Gasteiger charge is -2.12. The fourth-order valence-corrected chi connectivity index (χ4v) is 2.64. The summed E-state index contributed by atoms with van der Waals surface area (Å²) in [6, 6.07) is 7.37. The van der Waals surface area contributed by atoms with Gasteiger partial charge in [-0.3, -0.25) is 14.6 Å². The number of carbonyl (C=O) groups excluding carboxylic acids is 1. The van der Waals surface area contributed by atoms with Gasteiger partial charge in [0.25, 0.3) is 5.91 Å². The zero-order valence-electron chi connectivity index (χ0n) is 14.3. The van der Waals surface area contributed by atoms with E-state index in [-0.39, 0.29) is 22.8 Å². The molecule has 3 rings (SSSR count). The van der Waals surface area contributed by atoms with Crippen molar-refractivity contribution in [2.45, 2.75) is 6.61 Å². The summed E-state index contributed by atoms with van der Waals surface area (Å²) in [5, 5.41) is 21.5. The number of amides is 1. The number of carboxylic acids is 1. The molecule has 0 bridgehead atoms. The van der Waals surface area contributed by atoms with E-state index in [0.717, 1.165) is 18.2 Å². The zero-order chi connectivity index (χ0) is 20.3. The Balaban J connectivity index is 1.93. The molecular formula is C19H14F2N2O5. The van der Waals surface area contributed by atoms with Crippen molar-refractivity contribution >= 4 is 22.6 Å². The van der Waals surface area contributed by atoms with Crippen molar-refractivity contribution in [1.82, 2.24) is 10.3 Å². The number of rotatable bonds is 6. The third kappa shape index (κ3) is 4.21. The Kier molecular flexibility index (Phi) is 5.46. The Morgan fingerprint density at radius 2 is 1.79 bits per heavy atom. The molecule has 0 spiro atoms. The molecular weight excluding hydrogens is 374 g/mol. The van der Waals surface area contributed by atoms with Crippen molar-refractivity contribution < 1.29 is 33.3 Å². The minimum absolute atomic E-state index is 0.0307. The molecule has 0 radical (unpaired) electrons. The number of hydrogen-bond acceptors (Lipinski definition) is 5. The predicted molar refractivity (Wildman–Crippen MR) is 94.1 cm³/mol. The molecule has 0 aliphatic carbocycles. The average molecular weight is 388 g/mol. The van der Waals surface area contributed by atoms with Gasteiger partial charge < -0.3 is 20.3 Å². The zero-order valence-corrected chi connectivity index (χ0v) is 14.3. The van der Waals surface area contributed by atoms with Crippen LogP contribution in [-0.4, -0.2) is 33.6 Å². The number of fused-ring (bicyclic) bond motifs is 1. The van der Waals surface area contributed by atoms with Gasteiger partial charge in [0, 0.05) is 35.3 Å². The quantitative estimate of drug-likeness (QED) is 0.599. The minimum atomic E-state index is -1.21. The number of carbonyl (C=O) groups is 2. The van der Waals surface area contributed by atoms with E-state index in [2.05, 4.69) is 10.3 Å². The van der Waals surface area contributed by atoms with Crippen LogP contribution in [0, 0.1) is 11.6 Å². The number of hydrogen-bond donors (Lipinski definition) is 3. The van der Waals surface area contributed by atoms with Crippen molar-refractivity contribution in [3.8, 4) is 11.5 Å². The van der Waals surface area contributed by atoms with E-state index >= 15 is 0 Å². The molecule has 1 amide bonds. The standard InChI is InChI=1S/C19H14F2N2O5/c20-11-4-12(21)6-14(5-11)28-13-1-2-15-10(3-13)7-22-18(16(15)9-24)19(27)23-8-17(25)26/h1-7,24H,8-9H2,(H,23,27)(H,25,26). The molecule has 1 aromatic heterocycles. The van der Waals surface area contributed by atoms with Crippen molar-refractivity contribution in [3.63, 3.8) is 0 Å². The number of aliphatic hydroxyl groups is 1. The number of nitrogens with zero attached hydrogens (tertiary/aromatic N) is 1. The second-order valence-electron chi connectivity index (χ2n) is 5.78. The smallest absolute Gasteiger partial charge is 0.322 e. The SMILES string of the molecule is O=C(O)CNC(=O)c1ncc2cc(Oc3cc(F)cc(F)c3)ccc2c1CO. The summed E-state index contributed by atoms with van der Waals surface area (Å²) in [4.78, 5) is 26.7. The van der Waals surface area contributed by atoms with E-state index in [1.807, 2.05) is 0 Å². The number of nitrogens with one attached hydrogen (secondary N) is 1. The molecule has 0 saturated heterocycles. The Labute approximate surface area is 157 Å². The largest absolute Gasteiger partial charge is 0.480 e. The van der Waals surface area contributed by atoms with E-state index in [4.69, 9.17) is 9.84 Å². The fraction of sp³-hybridized carbons (Fsp3) is 0.105. The van der Waals surface area contributed by atoms with Crippen LogP contribution in [0.15, 0.2) is 42.6 Å². The van der Waals surface area contributed by atoms with Gasteiger partial charge in [-0.25, -0.2) is 8.78 Å². The summed E-state index contributed by atoms with van der Waals surface area (Å²) in [7, 11) is 0. The van der Waals surface area contributed by atoms with Crippen molar-refractivity contribution in [3.05, 3.63) is 65.5 Å². The van der Waals surface area contributed by atoms with Gasteiger partial charge >= 0.3 is 5.97 Å². The lowest BCUT2D eigenvalue weighted by molar-refractivity contribution is -0.135. The predicted octanol–water partition coefficient (Wildman–Crippen LogP) is 2.61. The number of benzene rings is 2. The van der Waals surface area contributed by atoms with Crippen molar-refractivity contribution in [2.24, 2.45) is 0 Å². The van der Waals surface area contributed by atoms with E-state index in [9.17, 15) is 23.5 Å². The maximum absolute atomic E-state index is 13.3. The number of pyridine rings is 1. The highest BCUT2D eigenvalue weighted by Crippen LogP contribution is 2.29. The minimum Gasteiger partial charge on any atom is -0.480 e. The summed E-state index contributed by atoms with van der Waals surface area (Å²) in [5.74, 6) is -3.27. The number of aliphatic carboxylic acids is 1. The van der Waals surface area contributed by atoms with Gasteiger partial charge in [0.15, 0.2) is 0 Å². The van der Waals surface area contributed by atoms with Gasteiger partial charge in [-0.2, -0.15) is 0 Å². The fourth-order valence-electron chi connectivity index (χ4n) is 2.64. The molecule has 0 aliphatic heterocycles. The van der Waals surface area contributed by atoms with Crippen LogP contribution in [0.3, 0.4) is 0 Å². The molecule has 0 fully saturated rings. The number of aromatic nitrogens is 1. The highest BCUT2D eigenvalue weighted by atomic mass is 19.1. The maximum atomic E-state index is 13.3. The Morgan fingerprint density at radius 3 is 2.43 bits per heavy atom. The van der Waals surface area contributed by atoms with Crippen LogP contribution in [0.5, 0.6) is 11.5 Å². The van der Waals surface area contributed by atoms with E-state index in [1.54, 1.807) is 6.07 Å². The number of ether oxygens (including phenoxy) is 1. The summed E-state index contributed by atoms with van der Waals surface area (Å²) < 4.78 is 32.0. The van der Waals surface area contributed by atoms with Crippen LogP contribution < -0.4 is 10.1 Å². The maximum Gasteiger partial charge on any atom is 0.322 e. The van der Waals surface area contributed by atoms with Gasteiger partial charge in [0.2, 0.25) is 0 Å². The number of carboxylic acid groups (broad SMARTS) is 1. The second kappa shape index (κ2) is 7.97. The lowest BCUT2D eigenvalue weighted by Crippen LogP contribution is -2.30. The molecule has 9 heteroatoms. The molecule has 3 N–H and O–H groups in total. The molecule has 0 unspecified atom stereocenters. The first-order chi connectivity index (χ1) is 13.4. The summed E-state index contributed by atoms with van der Waals surface area (Å²) in [5.41, 5.74) is 0.112. The first-order valence-corrected chi connectivity index (χ1v) is 8.04. The number of halogens is 2. The third-order valence-corrected chi connectivity index (χ3v) is 3.81. The molecule has 144 valence electrons. The summed E-state index contributed by atoms with van der Waals surface area (Å²) in [6.07, 6.45) is 1.35. The van der Waals surface area contributed by atoms with Gasteiger partial charge in [-0.1, -0.05) is 6.07 Å². The van der Waals surface area contributed by atoms with Crippen LogP contribution in [0.4, 0.5) is 8.78 Å². The summed E-state index contributed by atoms with van der Waals surface area (Å²) in [6.45, 7) is -1.09. The topological polar surface area (TPSA) is 109 Å². The molecule has 1 heterocycles. The summed E-state index contributed by atoms with van der Waals surface area (Å²) >= 11 is 0. The Morgan fingerprint density at radius 1 is 1.07 bits per heavy atom. The van der Waals surface area contributed by atoms with Gasteiger partial charge in [-0.15, -0.1) is 0 Å². The van der Waals surface area contributed by atoms with E-state index in [0.29, 0.717) is 10.8 Å². The normalized spacial score (nSPS) is 10.7. The molecule has 0 saturated carbocycles. The van der Waals surface area contributed by atoms with Crippen LogP contribution in [0.25, 0.3) is 10.8 Å². The average Bonchev–Trinajstić information content (AvgIpc) is 2.64. The molecule has 28 heavy (non-hydrogen) atoms. The van der Waals surface area contributed by atoms with Gasteiger partial charge in [0.05, 0.1) is 6.61 Å². The van der Waals surface area contributed by atoms with Gasteiger partial charge in [-0.05, 0) is 17.5 Å². The molecule has 0 aliphatic rings. The van der Waals surface area contributed by atoms with E-state index in [1.165, 1.54) is 18.3 Å². The van der Waals surface area contributed by atoms with Crippen LogP contribution in [0.1, 0.15) is 16.1 Å². The molecule has 7 nitrogen and oxygen atoms in total. The first-order valence-electron chi connectivity index (χ1n) is 8.04. The van der Waals surface area contributed by atoms with Crippen LogP contribution in [0.2, 0.25) is 0 Å². The number of aliphatic hydroxyl groups excluding tert-OH is 1. The third-order valence-electron chi connectivity index (χ3n) is 3.81. The van der Waals surface area contributed by atoms with Crippen LogP contribution in [-0.2, 0) is 11.4 Å². The Bertz CT molecular complexity index is 1050. The van der Waals surface area contributed by atoms with Gasteiger partial charge in [0.1, 0.15) is 35.4 Å². The molecule has 0 atom stereocenters. The van der Waals surface area contributed by atoms with Crippen LogP contribution >= 0.6 is 0 Å². The first kappa shape index (κ1) is 19.2. The second-order valence-corrected chi connectivity index (χ2v) is 5.78. The monoisotopic (exact) mass is 388 g/mol. The van der Waals surface area contributed by atoms with Crippen molar-refractivity contribution in [1.29, 1.82) is 0 Å². The lowest BCUT2D eigenvalue weighted by atomic mass is 10.0. The van der Waals surface area contributed by atoms with Crippen molar-refractivity contribution in [2.75, 3.05) is 6.54 Å². The highest BCUT2D eigenvalue weighted by Gasteiger charge is 2.17. The molecule has 2 aromatic carbocycles. The molecule has 3 aromatic rings.